The summed E-state index contributed by atoms with van der Waals surface area (Å²) in [7, 11) is 0. The highest BCUT2D eigenvalue weighted by Crippen LogP contribution is 2.33. The lowest BCUT2D eigenvalue weighted by molar-refractivity contribution is 0.0710. The molecule has 3 heterocycles. The van der Waals surface area contributed by atoms with Crippen molar-refractivity contribution < 1.29 is 17.9 Å². The molecule has 11 heteroatoms. The van der Waals surface area contributed by atoms with Gasteiger partial charge in [-0.3, -0.25) is 4.57 Å². The summed E-state index contributed by atoms with van der Waals surface area (Å²) in [6.45, 7) is 3.09. The quantitative estimate of drug-likeness (QED) is 0.513. The predicted molar refractivity (Wildman–Crippen MR) is 122 cm³/mol. The molecule has 1 saturated heterocycles. The number of nitrogens with one attached hydrogen (secondary N) is 2. The van der Waals surface area contributed by atoms with Crippen LogP contribution >= 0.6 is 0 Å². The summed E-state index contributed by atoms with van der Waals surface area (Å²) in [6.07, 6.45) is 8.67. The normalized spacial score (nSPS) is 21.0. The maximum Gasteiger partial charge on any atom is 0.229 e. The summed E-state index contributed by atoms with van der Waals surface area (Å²) >= 11 is 0. The zero-order valence-corrected chi connectivity index (χ0v) is 18.4. The lowest BCUT2D eigenvalue weighted by Gasteiger charge is -2.25. The molecule has 1 aromatic carbocycles. The van der Waals surface area contributed by atoms with Gasteiger partial charge in [0.05, 0.1) is 6.20 Å². The van der Waals surface area contributed by atoms with Crippen LogP contribution in [-0.2, 0) is 4.74 Å². The molecule has 0 amide bonds. The molecule has 2 aliphatic rings. The van der Waals surface area contributed by atoms with Crippen molar-refractivity contribution in [3.05, 3.63) is 59.7 Å². The molecule has 2 unspecified atom stereocenters. The molecule has 0 spiro atoms. The number of aromatic nitrogens is 4. The van der Waals surface area contributed by atoms with Crippen LogP contribution in [0.3, 0.4) is 0 Å². The molecule has 0 bridgehead atoms. The second kappa shape index (κ2) is 9.07. The predicted octanol–water partition coefficient (Wildman–Crippen LogP) is 4.17. The number of hydrogen-bond acceptors (Lipinski definition) is 7. The van der Waals surface area contributed by atoms with E-state index in [1.54, 1.807) is 10.8 Å². The van der Waals surface area contributed by atoms with Crippen LogP contribution in [0.5, 0.6) is 0 Å². The van der Waals surface area contributed by atoms with Gasteiger partial charge in [0.1, 0.15) is 17.0 Å². The Kier molecular flexibility index (Phi) is 5.96. The summed E-state index contributed by atoms with van der Waals surface area (Å²) in [4.78, 5) is 13.5. The van der Waals surface area contributed by atoms with Crippen LogP contribution in [-0.4, -0.2) is 38.8 Å². The lowest BCUT2D eigenvalue weighted by atomic mass is 9.96. The number of ether oxygens (including phenoxy) is 1. The average molecular weight is 471 g/mol. The molecule has 2 aromatic heterocycles. The van der Waals surface area contributed by atoms with Crippen molar-refractivity contribution in [2.75, 3.05) is 23.8 Å². The van der Waals surface area contributed by atoms with Gasteiger partial charge in [-0.1, -0.05) is 19.1 Å². The van der Waals surface area contributed by atoms with Gasteiger partial charge >= 0.3 is 0 Å². The highest BCUT2D eigenvalue weighted by Gasteiger charge is 2.25. The molecule has 4 N–H and O–H groups in total. The van der Waals surface area contributed by atoms with Gasteiger partial charge in [0.15, 0.2) is 17.3 Å². The molecule has 1 fully saturated rings. The van der Waals surface area contributed by atoms with Crippen LogP contribution < -0.4 is 16.4 Å². The monoisotopic (exact) mass is 471 g/mol. The molecule has 0 radical (unpaired) electrons. The Balaban J connectivity index is 1.55. The number of hydrogen-bond donors (Lipinski definition) is 3. The number of anilines is 3. The molecular formula is C23H24F3N7O. The standard InChI is InChI=1S/C23H24F3N7O/c1-12-8-14(2-3-18(12)27)29-22-28-11-19-21(32-22)33(15-4-6-34-7-5-15)23(30-19)31-20-16(25)9-13(24)10-17(20)26/h2-3,8-12,15,18H,4-7,27H2,1H3,(H,30,31)(H,28,29,32). The van der Waals surface area contributed by atoms with Crippen LogP contribution in [0.4, 0.5) is 30.8 Å². The average Bonchev–Trinajstić information content (AvgIpc) is 3.16. The van der Waals surface area contributed by atoms with E-state index in [1.807, 2.05) is 25.2 Å². The molecule has 5 rings (SSSR count). The fourth-order valence-electron chi connectivity index (χ4n) is 4.15. The molecule has 2 atom stereocenters. The van der Waals surface area contributed by atoms with Crippen molar-refractivity contribution in [2.24, 2.45) is 11.7 Å². The van der Waals surface area contributed by atoms with E-state index in [0.29, 0.717) is 55.3 Å². The molecular weight excluding hydrogens is 447 g/mol. The Labute approximate surface area is 193 Å². The zero-order chi connectivity index (χ0) is 23.8. The molecule has 0 saturated carbocycles. The van der Waals surface area contributed by atoms with Gasteiger partial charge in [-0.05, 0) is 24.8 Å². The van der Waals surface area contributed by atoms with Gasteiger partial charge in [-0.25, -0.2) is 23.1 Å². The van der Waals surface area contributed by atoms with Crippen LogP contribution in [0.1, 0.15) is 25.8 Å². The fraction of sp³-hybridized carbons (Fsp3) is 0.348. The largest absolute Gasteiger partial charge is 0.381 e. The summed E-state index contributed by atoms with van der Waals surface area (Å²) < 4.78 is 49.4. The molecule has 178 valence electrons. The summed E-state index contributed by atoms with van der Waals surface area (Å²) in [5.74, 6) is -2.42. The van der Waals surface area contributed by atoms with Crippen molar-refractivity contribution in [3.8, 4) is 0 Å². The van der Waals surface area contributed by atoms with E-state index >= 15 is 0 Å². The first-order chi connectivity index (χ1) is 16.4. The van der Waals surface area contributed by atoms with Crippen LogP contribution in [0.25, 0.3) is 11.2 Å². The molecule has 8 nitrogen and oxygen atoms in total. The Morgan fingerprint density at radius 1 is 1.09 bits per heavy atom. The van der Waals surface area contributed by atoms with E-state index in [2.05, 4.69) is 25.6 Å². The lowest BCUT2D eigenvalue weighted by Crippen LogP contribution is -2.27. The van der Waals surface area contributed by atoms with E-state index < -0.39 is 23.1 Å². The van der Waals surface area contributed by atoms with Crippen molar-refractivity contribution in [3.63, 3.8) is 0 Å². The second-order valence-corrected chi connectivity index (χ2v) is 8.46. The van der Waals surface area contributed by atoms with Crippen molar-refractivity contribution in [1.29, 1.82) is 0 Å². The van der Waals surface area contributed by atoms with E-state index in [-0.39, 0.29) is 23.9 Å². The highest BCUT2D eigenvalue weighted by molar-refractivity contribution is 5.77. The first-order valence-corrected chi connectivity index (χ1v) is 11.1. The van der Waals surface area contributed by atoms with Gasteiger partial charge in [-0.2, -0.15) is 4.98 Å². The third-order valence-corrected chi connectivity index (χ3v) is 6.04. The first kappa shape index (κ1) is 22.4. The smallest absolute Gasteiger partial charge is 0.229 e. The minimum absolute atomic E-state index is 0.0511. The number of fused-ring (bicyclic) bond motifs is 1. The number of benzene rings is 1. The van der Waals surface area contributed by atoms with Crippen molar-refractivity contribution in [1.82, 2.24) is 19.5 Å². The zero-order valence-electron chi connectivity index (χ0n) is 18.4. The van der Waals surface area contributed by atoms with E-state index in [4.69, 9.17) is 10.5 Å². The van der Waals surface area contributed by atoms with Gasteiger partial charge in [0.2, 0.25) is 11.9 Å². The first-order valence-electron chi connectivity index (χ1n) is 11.1. The highest BCUT2D eigenvalue weighted by atomic mass is 19.1. The number of halogens is 3. The van der Waals surface area contributed by atoms with Crippen molar-refractivity contribution >= 4 is 28.7 Å². The summed E-state index contributed by atoms with van der Waals surface area (Å²) in [5.41, 5.74) is 7.29. The maximum atomic E-state index is 14.4. The Bertz CT molecular complexity index is 1260. The minimum Gasteiger partial charge on any atom is -0.381 e. The number of allylic oxidation sites excluding steroid dienone is 1. The van der Waals surface area contributed by atoms with Crippen LogP contribution in [0.2, 0.25) is 0 Å². The molecule has 34 heavy (non-hydrogen) atoms. The van der Waals surface area contributed by atoms with Gasteiger partial charge in [-0.15, -0.1) is 0 Å². The van der Waals surface area contributed by atoms with Crippen LogP contribution in [0.15, 0.2) is 42.3 Å². The summed E-state index contributed by atoms with van der Waals surface area (Å²) in [6, 6.07) is 1.12. The van der Waals surface area contributed by atoms with E-state index in [1.165, 1.54) is 0 Å². The number of nitrogens with two attached hydrogens (primary N) is 1. The number of nitrogens with zero attached hydrogens (tertiary/aromatic N) is 4. The van der Waals surface area contributed by atoms with Gasteiger partial charge < -0.3 is 21.1 Å². The topological polar surface area (TPSA) is 103 Å². The second-order valence-electron chi connectivity index (χ2n) is 8.46. The Morgan fingerprint density at radius 3 is 2.53 bits per heavy atom. The van der Waals surface area contributed by atoms with Crippen LogP contribution in [0, 0.1) is 23.4 Å². The Morgan fingerprint density at radius 2 is 1.82 bits per heavy atom. The van der Waals surface area contributed by atoms with Gasteiger partial charge in [0, 0.05) is 43.1 Å². The number of imidazole rings is 1. The van der Waals surface area contributed by atoms with Gasteiger partial charge in [0.25, 0.3) is 0 Å². The molecule has 3 aromatic rings. The Hall–Kier alpha value is -3.44. The van der Waals surface area contributed by atoms with Crippen molar-refractivity contribution in [2.45, 2.75) is 31.8 Å². The van der Waals surface area contributed by atoms with E-state index in [9.17, 15) is 13.2 Å². The maximum absolute atomic E-state index is 14.4. The minimum atomic E-state index is -1.06. The number of rotatable bonds is 5. The van der Waals surface area contributed by atoms with E-state index in [0.717, 1.165) is 5.70 Å². The molecule has 1 aliphatic carbocycles. The fourth-order valence-corrected chi connectivity index (χ4v) is 4.15. The SMILES string of the molecule is CC1C=C(Nc2ncc3nc(Nc4c(F)cc(F)cc4F)n(C4CCOCC4)c3n2)C=CC1N. The summed E-state index contributed by atoms with van der Waals surface area (Å²) in [5, 5.41) is 5.89. The third-order valence-electron chi connectivity index (χ3n) is 6.04. The third kappa shape index (κ3) is 4.36. The molecule has 1 aliphatic heterocycles.